The lowest BCUT2D eigenvalue weighted by atomic mass is 9.85. The van der Waals surface area contributed by atoms with Crippen LogP contribution in [0.3, 0.4) is 0 Å². The molecule has 110 valence electrons. The molecule has 0 bridgehead atoms. The monoisotopic (exact) mass is 287 g/mol. The molecule has 0 aliphatic heterocycles. The van der Waals surface area contributed by atoms with Crippen LogP contribution in [0, 0.1) is 5.92 Å². The Kier molecular flexibility index (Phi) is 3.60. The highest BCUT2D eigenvalue weighted by atomic mass is 16.4. The van der Waals surface area contributed by atoms with Gasteiger partial charge in [-0.1, -0.05) is 12.5 Å². The molecule has 1 fully saturated rings. The number of amides is 1. The number of carbonyl (C=O) groups is 2. The van der Waals surface area contributed by atoms with Crippen molar-refractivity contribution < 1.29 is 14.7 Å². The molecule has 1 amide bonds. The number of carboxylic acids is 1. The Bertz CT molecular complexity index is 680. The molecule has 1 aliphatic carbocycles. The van der Waals surface area contributed by atoms with E-state index in [9.17, 15) is 9.59 Å². The van der Waals surface area contributed by atoms with Crippen LogP contribution in [0.4, 0.5) is 0 Å². The number of nitrogens with one attached hydrogen (secondary N) is 1. The molecule has 2 aromatic heterocycles. The van der Waals surface area contributed by atoms with E-state index in [1.54, 1.807) is 16.9 Å². The number of nitrogens with zero attached hydrogens (tertiary/aromatic N) is 2. The number of aliphatic carboxylic acids is 1. The SMILES string of the molecule is O=C(NC1CCCC(C(=O)O)C1)c1cnn2ccccc12. The Labute approximate surface area is 121 Å². The van der Waals surface area contributed by atoms with Crippen molar-refractivity contribution in [2.24, 2.45) is 5.92 Å². The molecular weight excluding hydrogens is 270 g/mol. The summed E-state index contributed by atoms with van der Waals surface area (Å²) in [5.74, 6) is -1.31. The summed E-state index contributed by atoms with van der Waals surface area (Å²) in [6, 6.07) is 5.46. The summed E-state index contributed by atoms with van der Waals surface area (Å²) >= 11 is 0. The summed E-state index contributed by atoms with van der Waals surface area (Å²) in [6.07, 6.45) is 6.18. The Balaban J connectivity index is 1.73. The van der Waals surface area contributed by atoms with Gasteiger partial charge >= 0.3 is 5.97 Å². The first-order valence-electron chi connectivity index (χ1n) is 7.11. The number of fused-ring (bicyclic) bond motifs is 1. The Morgan fingerprint density at radius 3 is 3.00 bits per heavy atom. The molecule has 6 nitrogen and oxygen atoms in total. The predicted molar refractivity (Wildman–Crippen MR) is 76.0 cm³/mol. The molecule has 6 heteroatoms. The van der Waals surface area contributed by atoms with Gasteiger partial charge < -0.3 is 10.4 Å². The van der Waals surface area contributed by atoms with E-state index < -0.39 is 5.97 Å². The minimum atomic E-state index is -0.773. The molecule has 2 aromatic rings. The molecule has 2 atom stereocenters. The normalized spacial score (nSPS) is 22.1. The quantitative estimate of drug-likeness (QED) is 0.900. The standard InChI is InChI=1S/C15H17N3O3/c19-14(12-9-16-18-7-2-1-6-13(12)18)17-11-5-3-4-10(8-11)15(20)21/h1-2,6-7,9-11H,3-5,8H2,(H,17,19)(H,20,21). The first-order chi connectivity index (χ1) is 10.1. The van der Waals surface area contributed by atoms with Crippen LogP contribution in [0.5, 0.6) is 0 Å². The lowest BCUT2D eigenvalue weighted by Crippen LogP contribution is -2.39. The molecule has 21 heavy (non-hydrogen) atoms. The van der Waals surface area contributed by atoms with E-state index in [-0.39, 0.29) is 17.9 Å². The van der Waals surface area contributed by atoms with Crippen molar-refractivity contribution in [2.45, 2.75) is 31.7 Å². The van der Waals surface area contributed by atoms with Crippen LogP contribution >= 0.6 is 0 Å². The van der Waals surface area contributed by atoms with Crippen LogP contribution in [-0.2, 0) is 4.79 Å². The average Bonchev–Trinajstić information content (AvgIpc) is 2.91. The molecule has 3 rings (SSSR count). The molecule has 0 saturated heterocycles. The van der Waals surface area contributed by atoms with Gasteiger partial charge in [-0.3, -0.25) is 9.59 Å². The van der Waals surface area contributed by atoms with Gasteiger partial charge in [-0.25, -0.2) is 4.52 Å². The number of carbonyl (C=O) groups excluding carboxylic acids is 1. The number of hydrogen-bond donors (Lipinski definition) is 2. The van der Waals surface area contributed by atoms with E-state index >= 15 is 0 Å². The number of pyridine rings is 1. The zero-order chi connectivity index (χ0) is 14.8. The first kappa shape index (κ1) is 13.6. The van der Waals surface area contributed by atoms with Crippen molar-refractivity contribution in [1.29, 1.82) is 0 Å². The van der Waals surface area contributed by atoms with Gasteiger partial charge in [0.1, 0.15) is 0 Å². The van der Waals surface area contributed by atoms with Gasteiger partial charge in [-0.05, 0) is 31.4 Å². The first-order valence-corrected chi connectivity index (χ1v) is 7.11. The van der Waals surface area contributed by atoms with Crippen LogP contribution in [0.15, 0.2) is 30.6 Å². The Hall–Kier alpha value is -2.37. The van der Waals surface area contributed by atoms with Crippen LogP contribution < -0.4 is 5.32 Å². The van der Waals surface area contributed by atoms with Crippen molar-refractivity contribution in [2.75, 3.05) is 0 Å². The van der Waals surface area contributed by atoms with Crippen molar-refractivity contribution >= 4 is 17.4 Å². The third kappa shape index (κ3) is 2.74. The molecule has 1 aliphatic rings. The summed E-state index contributed by atoms with van der Waals surface area (Å²) in [7, 11) is 0. The summed E-state index contributed by atoms with van der Waals surface area (Å²) in [4.78, 5) is 23.4. The van der Waals surface area contributed by atoms with Gasteiger partial charge in [0.15, 0.2) is 0 Å². The molecule has 2 N–H and O–H groups in total. The largest absolute Gasteiger partial charge is 0.481 e. The fraction of sp³-hybridized carbons (Fsp3) is 0.400. The second-order valence-electron chi connectivity index (χ2n) is 5.46. The van der Waals surface area contributed by atoms with Crippen molar-refractivity contribution in [3.05, 3.63) is 36.2 Å². The van der Waals surface area contributed by atoms with E-state index in [0.29, 0.717) is 18.4 Å². The maximum atomic E-state index is 12.4. The molecule has 0 aromatic carbocycles. The molecule has 1 saturated carbocycles. The van der Waals surface area contributed by atoms with Gasteiger partial charge in [-0.15, -0.1) is 0 Å². The Morgan fingerprint density at radius 2 is 2.19 bits per heavy atom. The second-order valence-corrected chi connectivity index (χ2v) is 5.46. The van der Waals surface area contributed by atoms with Crippen molar-refractivity contribution in [3.8, 4) is 0 Å². The van der Waals surface area contributed by atoms with Crippen molar-refractivity contribution in [1.82, 2.24) is 14.9 Å². The highest BCUT2D eigenvalue weighted by molar-refractivity contribution is 6.00. The zero-order valence-electron chi connectivity index (χ0n) is 11.5. The maximum absolute atomic E-state index is 12.4. The summed E-state index contributed by atoms with van der Waals surface area (Å²) < 4.78 is 1.65. The predicted octanol–water partition coefficient (Wildman–Crippen LogP) is 1.71. The van der Waals surface area contributed by atoms with Crippen LogP contribution in [-0.4, -0.2) is 32.6 Å². The lowest BCUT2D eigenvalue weighted by molar-refractivity contribution is -0.143. The molecule has 2 unspecified atom stereocenters. The fourth-order valence-electron chi connectivity index (χ4n) is 2.92. The molecule has 2 heterocycles. The minimum Gasteiger partial charge on any atom is -0.481 e. The van der Waals surface area contributed by atoms with E-state index in [4.69, 9.17) is 5.11 Å². The van der Waals surface area contributed by atoms with Crippen molar-refractivity contribution in [3.63, 3.8) is 0 Å². The van der Waals surface area contributed by atoms with E-state index in [0.717, 1.165) is 18.4 Å². The van der Waals surface area contributed by atoms with Gasteiger partial charge in [0.2, 0.25) is 0 Å². The number of carboxylic acid groups (broad SMARTS) is 1. The summed E-state index contributed by atoms with van der Waals surface area (Å²) in [5, 5.41) is 16.2. The smallest absolute Gasteiger partial charge is 0.306 e. The lowest BCUT2D eigenvalue weighted by Gasteiger charge is -2.27. The van der Waals surface area contributed by atoms with Gasteiger partial charge in [0, 0.05) is 12.2 Å². The zero-order valence-corrected chi connectivity index (χ0v) is 11.5. The number of aromatic nitrogens is 2. The minimum absolute atomic E-state index is 0.0778. The van der Waals surface area contributed by atoms with Crippen LogP contribution in [0.2, 0.25) is 0 Å². The highest BCUT2D eigenvalue weighted by Crippen LogP contribution is 2.25. The van der Waals surface area contributed by atoms with Gasteiger partial charge in [-0.2, -0.15) is 5.10 Å². The average molecular weight is 287 g/mol. The number of rotatable bonds is 3. The molecule has 0 radical (unpaired) electrons. The van der Waals surface area contributed by atoms with Crippen LogP contribution in [0.25, 0.3) is 5.52 Å². The van der Waals surface area contributed by atoms with E-state index in [1.165, 1.54) is 0 Å². The maximum Gasteiger partial charge on any atom is 0.306 e. The summed E-state index contributed by atoms with van der Waals surface area (Å²) in [6.45, 7) is 0. The van der Waals surface area contributed by atoms with E-state index in [1.807, 2.05) is 18.2 Å². The summed E-state index contributed by atoms with van der Waals surface area (Å²) in [5.41, 5.74) is 1.27. The number of hydrogen-bond acceptors (Lipinski definition) is 3. The van der Waals surface area contributed by atoms with Gasteiger partial charge in [0.25, 0.3) is 5.91 Å². The highest BCUT2D eigenvalue weighted by Gasteiger charge is 2.28. The fourth-order valence-corrected chi connectivity index (χ4v) is 2.92. The second kappa shape index (κ2) is 5.55. The molecule has 0 spiro atoms. The van der Waals surface area contributed by atoms with E-state index in [2.05, 4.69) is 10.4 Å². The third-order valence-corrected chi connectivity index (χ3v) is 4.03. The Morgan fingerprint density at radius 1 is 1.33 bits per heavy atom. The van der Waals surface area contributed by atoms with Gasteiger partial charge in [0.05, 0.1) is 23.2 Å². The van der Waals surface area contributed by atoms with Crippen LogP contribution in [0.1, 0.15) is 36.0 Å². The third-order valence-electron chi connectivity index (χ3n) is 4.03. The topological polar surface area (TPSA) is 83.7 Å². The molecular formula is C15H17N3O3.